The van der Waals surface area contributed by atoms with E-state index in [1.54, 1.807) is 6.92 Å². The predicted octanol–water partition coefficient (Wildman–Crippen LogP) is -0.758. The van der Waals surface area contributed by atoms with Gasteiger partial charge in [0.1, 0.15) is 5.56 Å². The molecule has 1 aromatic rings. The number of nitrogens with zero attached hydrogens (tertiary/aromatic N) is 2. The topological polar surface area (TPSA) is 92.4 Å². The van der Waals surface area contributed by atoms with E-state index in [4.69, 9.17) is 10.2 Å². The van der Waals surface area contributed by atoms with Crippen molar-refractivity contribution in [1.82, 2.24) is 9.78 Å². The molecule has 0 radical (unpaired) electrons. The van der Waals surface area contributed by atoms with Crippen molar-refractivity contribution < 1.29 is 15.0 Å². The van der Waals surface area contributed by atoms with Crippen LogP contribution in [0.5, 0.6) is 0 Å². The smallest absolute Gasteiger partial charge is 0.341 e. The Morgan fingerprint density at radius 1 is 1.64 bits per heavy atom. The van der Waals surface area contributed by atoms with Crippen LogP contribution in [-0.4, -0.2) is 32.6 Å². The minimum Gasteiger partial charge on any atom is -0.477 e. The van der Waals surface area contributed by atoms with Crippen molar-refractivity contribution in [3.63, 3.8) is 0 Å². The second kappa shape index (κ2) is 4.01. The number of aromatic nitrogens is 2. The monoisotopic (exact) mass is 198 g/mol. The van der Waals surface area contributed by atoms with Crippen molar-refractivity contribution in [2.24, 2.45) is 0 Å². The lowest BCUT2D eigenvalue weighted by molar-refractivity contribution is 0.0693. The third-order valence-electron chi connectivity index (χ3n) is 1.64. The fourth-order valence-electron chi connectivity index (χ4n) is 1.07. The first-order valence-electron chi connectivity index (χ1n) is 3.99. The molecule has 0 saturated heterocycles. The highest BCUT2D eigenvalue weighted by molar-refractivity contribution is 5.87. The third-order valence-corrected chi connectivity index (χ3v) is 1.64. The summed E-state index contributed by atoms with van der Waals surface area (Å²) >= 11 is 0. The van der Waals surface area contributed by atoms with Gasteiger partial charge in [0, 0.05) is 0 Å². The summed E-state index contributed by atoms with van der Waals surface area (Å²) in [4.78, 5) is 22.0. The molecule has 0 fully saturated rings. The van der Waals surface area contributed by atoms with Gasteiger partial charge in [0.2, 0.25) is 0 Å². The lowest BCUT2D eigenvalue weighted by Gasteiger charge is -2.04. The molecule has 1 heterocycles. The summed E-state index contributed by atoms with van der Waals surface area (Å²) in [5, 5.41) is 21.1. The maximum Gasteiger partial charge on any atom is 0.341 e. The van der Waals surface area contributed by atoms with Crippen LogP contribution in [0, 0.1) is 6.92 Å². The molecule has 6 heteroatoms. The molecule has 0 amide bonds. The van der Waals surface area contributed by atoms with Crippen molar-refractivity contribution in [3.8, 4) is 0 Å². The summed E-state index contributed by atoms with van der Waals surface area (Å²) in [5.74, 6) is -1.29. The lowest BCUT2D eigenvalue weighted by atomic mass is 10.2. The number of aryl methyl sites for hydroxylation is 1. The van der Waals surface area contributed by atoms with E-state index in [1.807, 2.05) is 0 Å². The van der Waals surface area contributed by atoms with Crippen LogP contribution >= 0.6 is 0 Å². The molecule has 2 N–H and O–H groups in total. The number of hydrogen-bond acceptors (Lipinski definition) is 4. The highest BCUT2D eigenvalue weighted by atomic mass is 16.4. The molecule has 0 aliphatic rings. The molecule has 0 aliphatic heterocycles. The second-order valence-electron chi connectivity index (χ2n) is 2.76. The molecule has 0 saturated carbocycles. The first-order valence-corrected chi connectivity index (χ1v) is 3.99. The van der Waals surface area contributed by atoms with Crippen LogP contribution in [0.1, 0.15) is 16.1 Å². The number of carbonyl (C=O) groups is 1. The fraction of sp³-hybridized carbons (Fsp3) is 0.375. The number of carboxylic acid groups (broad SMARTS) is 1. The number of aliphatic hydroxyl groups excluding tert-OH is 1. The van der Waals surface area contributed by atoms with Crippen molar-refractivity contribution in [1.29, 1.82) is 0 Å². The van der Waals surface area contributed by atoms with Crippen LogP contribution in [-0.2, 0) is 6.54 Å². The quantitative estimate of drug-likeness (QED) is 0.666. The number of hydrogen-bond donors (Lipinski definition) is 2. The van der Waals surface area contributed by atoms with E-state index < -0.39 is 11.5 Å². The van der Waals surface area contributed by atoms with E-state index in [-0.39, 0.29) is 18.7 Å². The van der Waals surface area contributed by atoms with E-state index in [1.165, 1.54) is 6.07 Å². The minimum atomic E-state index is -1.29. The summed E-state index contributed by atoms with van der Waals surface area (Å²) in [6.07, 6.45) is 0. The average Bonchev–Trinajstić information content (AvgIpc) is 2.10. The molecular weight excluding hydrogens is 188 g/mol. The Hall–Kier alpha value is -1.69. The molecule has 0 atom stereocenters. The number of rotatable bonds is 3. The Kier molecular flexibility index (Phi) is 2.98. The van der Waals surface area contributed by atoms with E-state index in [2.05, 4.69) is 5.10 Å². The molecule has 0 bridgehead atoms. The van der Waals surface area contributed by atoms with Gasteiger partial charge in [-0.25, -0.2) is 9.48 Å². The normalized spacial score (nSPS) is 10.1. The van der Waals surface area contributed by atoms with Gasteiger partial charge >= 0.3 is 5.97 Å². The fourth-order valence-corrected chi connectivity index (χ4v) is 1.07. The van der Waals surface area contributed by atoms with Gasteiger partial charge in [0.25, 0.3) is 5.56 Å². The van der Waals surface area contributed by atoms with Gasteiger partial charge in [-0.2, -0.15) is 5.10 Å². The van der Waals surface area contributed by atoms with Gasteiger partial charge in [-0.15, -0.1) is 0 Å². The Morgan fingerprint density at radius 2 is 2.29 bits per heavy atom. The van der Waals surface area contributed by atoms with Gasteiger partial charge in [0.05, 0.1) is 18.8 Å². The summed E-state index contributed by atoms with van der Waals surface area (Å²) in [5.41, 5.74) is -0.599. The second-order valence-corrected chi connectivity index (χ2v) is 2.76. The Morgan fingerprint density at radius 3 is 2.79 bits per heavy atom. The molecule has 0 aromatic carbocycles. The zero-order valence-electron chi connectivity index (χ0n) is 7.60. The number of carboxylic acids is 1. The molecule has 14 heavy (non-hydrogen) atoms. The van der Waals surface area contributed by atoms with Crippen LogP contribution in [0.3, 0.4) is 0 Å². The van der Waals surface area contributed by atoms with Gasteiger partial charge in [-0.05, 0) is 13.0 Å². The molecule has 0 aliphatic carbocycles. The van der Waals surface area contributed by atoms with Crippen molar-refractivity contribution in [3.05, 3.63) is 27.7 Å². The zero-order chi connectivity index (χ0) is 10.7. The Labute approximate surface area is 79.4 Å². The van der Waals surface area contributed by atoms with Gasteiger partial charge < -0.3 is 10.2 Å². The van der Waals surface area contributed by atoms with Gasteiger partial charge in [-0.3, -0.25) is 4.79 Å². The van der Waals surface area contributed by atoms with Gasteiger partial charge in [-0.1, -0.05) is 0 Å². The maximum absolute atomic E-state index is 11.4. The largest absolute Gasteiger partial charge is 0.477 e. The van der Waals surface area contributed by atoms with Crippen molar-refractivity contribution in [2.45, 2.75) is 13.5 Å². The SMILES string of the molecule is Cc1cc(C(=O)O)c(=O)n(CCO)n1. The van der Waals surface area contributed by atoms with E-state index >= 15 is 0 Å². The van der Waals surface area contributed by atoms with E-state index in [9.17, 15) is 9.59 Å². The first kappa shape index (κ1) is 10.4. The van der Waals surface area contributed by atoms with E-state index in [0.717, 1.165) is 4.68 Å². The average molecular weight is 198 g/mol. The molecule has 1 aromatic heterocycles. The Bertz CT molecular complexity index is 410. The number of aliphatic hydroxyl groups is 1. The number of aromatic carboxylic acids is 1. The summed E-state index contributed by atoms with van der Waals surface area (Å²) < 4.78 is 0.943. The predicted molar refractivity (Wildman–Crippen MR) is 47.3 cm³/mol. The Balaban J connectivity index is 3.32. The van der Waals surface area contributed by atoms with Crippen molar-refractivity contribution >= 4 is 5.97 Å². The maximum atomic E-state index is 11.4. The summed E-state index contributed by atoms with van der Waals surface area (Å²) in [6, 6.07) is 1.21. The van der Waals surface area contributed by atoms with Crippen LogP contribution in [0.2, 0.25) is 0 Å². The third kappa shape index (κ3) is 1.97. The van der Waals surface area contributed by atoms with Crippen LogP contribution in [0.15, 0.2) is 10.9 Å². The van der Waals surface area contributed by atoms with Crippen LogP contribution in [0.25, 0.3) is 0 Å². The molecule has 0 spiro atoms. The lowest BCUT2D eigenvalue weighted by Crippen LogP contribution is -2.30. The zero-order valence-corrected chi connectivity index (χ0v) is 7.60. The van der Waals surface area contributed by atoms with Crippen molar-refractivity contribution in [2.75, 3.05) is 6.61 Å². The molecule has 6 nitrogen and oxygen atoms in total. The van der Waals surface area contributed by atoms with Crippen LogP contribution < -0.4 is 5.56 Å². The van der Waals surface area contributed by atoms with Gasteiger partial charge in [0.15, 0.2) is 0 Å². The summed E-state index contributed by atoms with van der Waals surface area (Å²) in [7, 11) is 0. The minimum absolute atomic E-state index is 0.000787. The molecular formula is C8H10N2O4. The summed E-state index contributed by atoms with van der Waals surface area (Å²) in [6.45, 7) is 1.33. The van der Waals surface area contributed by atoms with Crippen LogP contribution in [0.4, 0.5) is 0 Å². The highest BCUT2D eigenvalue weighted by Gasteiger charge is 2.12. The highest BCUT2D eigenvalue weighted by Crippen LogP contribution is 1.94. The molecule has 0 unspecified atom stereocenters. The van der Waals surface area contributed by atoms with E-state index in [0.29, 0.717) is 5.69 Å². The molecule has 76 valence electrons. The molecule has 1 rings (SSSR count). The standard InChI is InChI=1S/C8H10N2O4/c1-5-4-6(8(13)14)7(12)10(9-5)2-3-11/h4,11H,2-3H2,1H3,(H,13,14). The first-order chi connectivity index (χ1) is 6.56.